The highest BCUT2D eigenvalue weighted by Gasteiger charge is 2.23. The van der Waals surface area contributed by atoms with Crippen molar-refractivity contribution in [3.63, 3.8) is 0 Å². The van der Waals surface area contributed by atoms with Crippen molar-refractivity contribution in [1.82, 2.24) is 10.3 Å². The van der Waals surface area contributed by atoms with Gasteiger partial charge in [-0.05, 0) is 49.9 Å². The maximum absolute atomic E-state index is 13.1. The normalized spacial score (nSPS) is 14.1. The lowest BCUT2D eigenvalue weighted by molar-refractivity contribution is -0.125. The lowest BCUT2D eigenvalue weighted by Crippen LogP contribution is -2.45. The molecular formula is C23H30N4O3S. The van der Waals surface area contributed by atoms with Gasteiger partial charge in [-0.25, -0.2) is 4.98 Å². The lowest BCUT2D eigenvalue weighted by Gasteiger charge is -2.27. The van der Waals surface area contributed by atoms with Crippen molar-refractivity contribution in [3.05, 3.63) is 40.9 Å². The van der Waals surface area contributed by atoms with Gasteiger partial charge < -0.3 is 15.5 Å². The highest BCUT2D eigenvalue weighted by Crippen LogP contribution is 2.21. The molecule has 3 rings (SSSR count). The van der Waals surface area contributed by atoms with Gasteiger partial charge in [-0.15, -0.1) is 11.3 Å². The molecule has 0 unspecified atom stereocenters. The van der Waals surface area contributed by atoms with E-state index in [1.165, 1.54) is 22.7 Å². The number of carbonyl (C=O) groups excluding carboxylic acids is 3. The standard InChI is InChI=1S/C23H30N4O3S/c1-16-12-17(2)14-19(13-16)27(15-21(29)25-18-6-4-3-5-7-18)22(30)9-8-20(28)26-23-24-10-11-31-23/h10-14,18H,3-9,15H2,1-2H3,(H,25,29)(H,24,26,28). The van der Waals surface area contributed by atoms with Crippen LogP contribution in [0.15, 0.2) is 29.8 Å². The van der Waals surface area contributed by atoms with Gasteiger partial charge in [0.1, 0.15) is 6.54 Å². The van der Waals surface area contributed by atoms with Crippen molar-refractivity contribution >= 4 is 39.9 Å². The molecule has 2 aromatic rings. The first-order valence-corrected chi connectivity index (χ1v) is 11.7. The number of thiazole rings is 1. The van der Waals surface area contributed by atoms with Gasteiger partial charge in [-0.3, -0.25) is 14.4 Å². The molecular weight excluding hydrogens is 412 g/mol. The molecule has 7 nitrogen and oxygen atoms in total. The summed E-state index contributed by atoms with van der Waals surface area (Å²) in [6.07, 6.45) is 7.09. The van der Waals surface area contributed by atoms with Crippen LogP contribution in [-0.4, -0.2) is 35.3 Å². The molecule has 1 aliphatic carbocycles. The molecule has 0 atom stereocenters. The van der Waals surface area contributed by atoms with Gasteiger partial charge >= 0.3 is 0 Å². The molecule has 2 N–H and O–H groups in total. The van der Waals surface area contributed by atoms with Crippen molar-refractivity contribution in [2.24, 2.45) is 0 Å². The number of benzene rings is 1. The first-order valence-electron chi connectivity index (χ1n) is 10.8. The molecule has 31 heavy (non-hydrogen) atoms. The average Bonchev–Trinajstić information content (AvgIpc) is 3.23. The Morgan fingerprint density at radius 1 is 1.03 bits per heavy atom. The first kappa shape index (κ1) is 22.9. The maximum atomic E-state index is 13.1. The van der Waals surface area contributed by atoms with Gasteiger partial charge in [-0.1, -0.05) is 25.3 Å². The molecule has 166 valence electrons. The summed E-state index contributed by atoms with van der Waals surface area (Å²) in [6.45, 7) is 3.87. The largest absolute Gasteiger partial charge is 0.352 e. The fourth-order valence-electron chi connectivity index (χ4n) is 3.92. The van der Waals surface area contributed by atoms with Crippen LogP contribution in [0.5, 0.6) is 0 Å². The van der Waals surface area contributed by atoms with Crippen molar-refractivity contribution in [1.29, 1.82) is 0 Å². The predicted octanol–water partition coefficient (Wildman–Crippen LogP) is 3.96. The zero-order valence-corrected chi connectivity index (χ0v) is 19.0. The van der Waals surface area contributed by atoms with Gasteiger partial charge in [0, 0.05) is 36.1 Å². The summed E-state index contributed by atoms with van der Waals surface area (Å²) in [5.74, 6) is -0.681. The fraction of sp³-hybridized carbons (Fsp3) is 0.478. The number of anilines is 2. The first-order chi connectivity index (χ1) is 14.9. The number of aromatic nitrogens is 1. The summed E-state index contributed by atoms with van der Waals surface area (Å²) in [4.78, 5) is 43.5. The lowest BCUT2D eigenvalue weighted by atomic mass is 9.95. The molecule has 1 heterocycles. The summed E-state index contributed by atoms with van der Waals surface area (Å²) in [7, 11) is 0. The molecule has 1 aromatic carbocycles. The highest BCUT2D eigenvalue weighted by atomic mass is 32.1. The minimum absolute atomic E-state index is 0.0148. The second kappa shape index (κ2) is 11.0. The van der Waals surface area contributed by atoms with Gasteiger partial charge in [-0.2, -0.15) is 0 Å². The molecule has 1 fully saturated rings. The summed E-state index contributed by atoms with van der Waals surface area (Å²) in [6, 6.07) is 6.00. The number of carbonyl (C=O) groups is 3. The van der Waals surface area contributed by atoms with Gasteiger partial charge in [0.25, 0.3) is 0 Å². The van der Waals surface area contributed by atoms with Crippen LogP contribution in [0.25, 0.3) is 0 Å². The molecule has 1 aliphatic rings. The van der Waals surface area contributed by atoms with Crippen LogP contribution in [0, 0.1) is 13.8 Å². The summed E-state index contributed by atoms with van der Waals surface area (Å²) >= 11 is 1.33. The van der Waals surface area contributed by atoms with E-state index in [0.717, 1.165) is 36.8 Å². The Morgan fingerprint density at radius 2 is 1.74 bits per heavy atom. The molecule has 0 saturated heterocycles. The topological polar surface area (TPSA) is 91.4 Å². The average molecular weight is 443 g/mol. The summed E-state index contributed by atoms with van der Waals surface area (Å²) < 4.78 is 0. The van der Waals surface area contributed by atoms with E-state index in [1.807, 2.05) is 32.0 Å². The van der Waals surface area contributed by atoms with Crippen LogP contribution in [0.2, 0.25) is 0 Å². The van der Waals surface area contributed by atoms with Crippen LogP contribution in [0.3, 0.4) is 0 Å². The molecule has 0 bridgehead atoms. The number of rotatable bonds is 8. The molecule has 8 heteroatoms. The Kier molecular flexibility index (Phi) is 8.17. The molecule has 1 aromatic heterocycles. The predicted molar refractivity (Wildman–Crippen MR) is 123 cm³/mol. The number of nitrogens with one attached hydrogen (secondary N) is 2. The van der Waals surface area contributed by atoms with Crippen LogP contribution < -0.4 is 15.5 Å². The van der Waals surface area contributed by atoms with Crippen LogP contribution >= 0.6 is 11.3 Å². The third-order valence-corrected chi connectivity index (χ3v) is 6.02. The molecule has 0 radical (unpaired) electrons. The van der Waals surface area contributed by atoms with E-state index in [0.29, 0.717) is 10.8 Å². The third kappa shape index (κ3) is 7.17. The van der Waals surface area contributed by atoms with Gasteiger partial charge in [0.2, 0.25) is 17.7 Å². The zero-order valence-electron chi connectivity index (χ0n) is 18.1. The second-order valence-electron chi connectivity index (χ2n) is 8.11. The molecule has 0 spiro atoms. The fourth-order valence-corrected chi connectivity index (χ4v) is 4.46. The Hall–Kier alpha value is -2.74. The minimum Gasteiger partial charge on any atom is -0.352 e. The number of hydrogen-bond donors (Lipinski definition) is 2. The number of nitrogens with zero attached hydrogens (tertiary/aromatic N) is 2. The molecule has 0 aliphatic heterocycles. The highest BCUT2D eigenvalue weighted by molar-refractivity contribution is 7.13. The van der Waals surface area contributed by atoms with E-state index < -0.39 is 0 Å². The molecule has 3 amide bonds. The monoisotopic (exact) mass is 442 g/mol. The number of hydrogen-bond acceptors (Lipinski definition) is 5. The second-order valence-corrected chi connectivity index (χ2v) is 9.01. The summed E-state index contributed by atoms with van der Waals surface area (Å²) in [5.41, 5.74) is 2.71. The van der Waals surface area contributed by atoms with Crippen molar-refractivity contribution < 1.29 is 14.4 Å². The van der Waals surface area contributed by atoms with Crippen LogP contribution in [0.1, 0.15) is 56.1 Å². The molecule has 1 saturated carbocycles. The Bertz CT molecular complexity index is 887. The Balaban J connectivity index is 1.66. The quantitative estimate of drug-likeness (QED) is 0.647. The smallest absolute Gasteiger partial charge is 0.240 e. The summed E-state index contributed by atoms with van der Waals surface area (Å²) in [5, 5.41) is 8.05. The van der Waals surface area contributed by atoms with Gasteiger partial charge in [0.05, 0.1) is 0 Å². The number of amides is 3. The van der Waals surface area contributed by atoms with Crippen molar-refractivity contribution in [2.75, 3.05) is 16.8 Å². The minimum atomic E-state index is -0.268. The van der Waals surface area contributed by atoms with Crippen molar-refractivity contribution in [2.45, 2.75) is 64.8 Å². The van der Waals surface area contributed by atoms with E-state index in [9.17, 15) is 14.4 Å². The van der Waals surface area contributed by atoms with Crippen LogP contribution in [-0.2, 0) is 14.4 Å². The Labute approximate surface area is 187 Å². The Morgan fingerprint density at radius 3 is 2.39 bits per heavy atom. The van der Waals surface area contributed by atoms with E-state index >= 15 is 0 Å². The maximum Gasteiger partial charge on any atom is 0.240 e. The van der Waals surface area contributed by atoms with E-state index in [2.05, 4.69) is 15.6 Å². The van der Waals surface area contributed by atoms with E-state index in [1.54, 1.807) is 11.6 Å². The zero-order chi connectivity index (χ0) is 22.2. The van der Waals surface area contributed by atoms with Crippen molar-refractivity contribution in [3.8, 4) is 0 Å². The van der Waals surface area contributed by atoms with Gasteiger partial charge in [0.15, 0.2) is 5.13 Å². The third-order valence-electron chi connectivity index (χ3n) is 5.34. The van der Waals surface area contributed by atoms with Crippen LogP contribution in [0.4, 0.5) is 10.8 Å². The SMILES string of the molecule is Cc1cc(C)cc(N(CC(=O)NC2CCCCC2)C(=O)CCC(=O)Nc2nccs2)c1. The van der Waals surface area contributed by atoms with E-state index in [4.69, 9.17) is 0 Å². The number of aryl methyl sites for hydroxylation is 2. The van der Waals surface area contributed by atoms with E-state index in [-0.39, 0.29) is 43.1 Å².